The molecule has 0 saturated heterocycles. The maximum absolute atomic E-state index is 8.62. The fourth-order valence-corrected chi connectivity index (χ4v) is 2.19. The fourth-order valence-electron chi connectivity index (χ4n) is 1.40. The minimum atomic E-state index is 0.110. The number of benzene rings is 1. The van der Waals surface area contributed by atoms with Crippen molar-refractivity contribution >= 4 is 17.6 Å². The van der Waals surface area contributed by atoms with Crippen molar-refractivity contribution < 1.29 is 5.21 Å². The standard InChI is InChI=1S/C10H11N5OS/c1-6-4-7(17-10-12-5-13-14-10)2-3-8(6)9(11)15-16/h2-5,16H,1H3,(H2,11,15)(H,12,13,14). The van der Waals surface area contributed by atoms with E-state index in [2.05, 4.69) is 20.3 Å². The Bertz CT molecular complexity index is 538. The van der Waals surface area contributed by atoms with Crippen LogP contribution in [0, 0.1) is 6.92 Å². The molecule has 1 aromatic carbocycles. The molecule has 0 radical (unpaired) electrons. The minimum absolute atomic E-state index is 0.110. The summed E-state index contributed by atoms with van der Waals surface area (Å²) in [7, 11) is 0. The van der Waals surface area contributed by atoms with Gasteiger partial charge in [0.15, 0.2) is 11.0 Å². The number of nitrogens with zero attached hydrogens (tertiary/aromatic N) is 3. The fraction of sp³-hybridized carbons (Fsp3) is 0.100. The van der Waals surface area contributed by atoms with Gasteiger partial charge in [-0.05, 0) is 30.7 Å². The lowest BCUT2D eigenvalue weighted by molar-refractivity contribution is 0.318. The molecule has 2 aromatic rings. The van der Waals surface area contributed by atoms with E-state index in [0.717, 1.165) is 21.2 Å². The monoisotopic (exact) mass is 249 g/mol. The summed E-state index contributed by atoms with van der Waals surface area (Å²) in [6.45, 7) is 1.90. The van der Waals surface area contributed by atoms with Gasteiger partial charge in [-0.1, -0.05) is 16.9 Å². The Labute approximate surface area is 102 Å². The van der Waals surface area contributed by atoms with Gasteiger partial charge < -0.3 is 10.9 Å². The third kappa shape index (κ3) is 2.56. The van der Waals surface area contributed by atoms with E-state index in [4.69, 9.17) is 10.9 Å². The van der Waals surface area contributed by atoms with Crippen molar-refractivity contribution in [3.63, 3.8) is 0 Å². The van der Waals surface area contributed by atoms with Crippen LogP contribution in [0.4, 0.5) is 0 Å². The van der Waals surface area contributed by atoms with Gasteiger partial charge in [0.2, 0.25) is 0 Å². The van der Waals surface area contributed by atoms with E-state index in [9.17, 15) is 0 Å². The van der Waals surface area contributed by atoms with Crippen molar-refractivity contribution in [1.29, 1.82) is 0 Å². The van der Waals surface area contributed by atoms with Crippen LogP contribution in [0.15, 0.2) is 39.7 Å². The summed E-state index contributed by atoms with van der Waals surface area (Å²) in [5.41, 5.74) is 7.20. The highest BCUT2D eigenvalue weighted by molar-refractivity contribution is 7.99. The first kappa shape index (κ1) is 11.5. The van der Waals surface area contributed by atoms with Gasteiger partial charge in [-0.25, -0.2) is 4.98 Å². The van der Waals surface area contributed by atoms with Gasteiger partial charge in [0.25, 0.3) is 0 Å². The van der Waals surface area contributed by atoms with E-state index in [-0.39, 0.29) is 5.84 Å². The SMILES string of the molecule is Cc1cc(Sc2ncn[nH]2)ccc1/C(N)=N/O. The molecule has 0 fully saturated rings. The van der Waals surface area contributed by atoms with Crippen LogP contribution >= 0.6 is 11.8 Å². The summed E-state index contributed by atoms with van der Waals surface area (Å²) in [5.74, 6) is 0.110. The molecule has 7 heteroatoms. The number of aromatic amines is 1. The van der Waals surface area contributed by atoms with Gasteiger partial charge in [0, 0.05) is 10.5 Å². The van der Waals surface area contributed by atoms with Gasteiger partial charge in [-0.15, -0.1) is 0 Å². The summed E-state index contributed by atoms with van der Waals surface area (Å²) in [6, 6.07) is 5.64. The lowest BCUT2D eigenvalue weighted by Gasteiger charge is -2.05. The molecular formula is C10H11N5OS. The molecule has 0 aliphatic carbocycles. The van der Waals surface area contributed by atoms with Crippen LogP contribution in [0.2, 0.25) is 0 Å². The summed E-state index contributed by atoms with van der Waals surface area (Å²) >= 11 is 1.46. The van der Waals surface area contributed by atoms with Crippen LogP contribution < -0.4 is 5.73 Å². The number of hydrogen-bond donors (Lipinski definition) is 3. The summed E-state index contributed by atoms with van der Waals surface area (Å²) < 4.78 is 0. The molecule has 0 spiro atoms. The van der Waals surface area contributed by atoms with Crippen molar-refractivity contribution in [3.8, 4) is 0 Å². The van der Waals surface area contributed by atoms with Gasteiger partial charge in [-0.3, -0.25) is 5.10 Å². The zero-order valence-corrected chi connectivity index (χ0v) is 9.90. The lowest BCUT2D eigenvalue weighted by atomic mass is 10.1. The normalized spacial score (nSPS) is 11.7. The Morgan fingerprint density at radius 2 is 2.35 bits per heavy atom. The number of aromatic nitrogens is 3. The van der Waals surface area contributed by atoms with Crippen LogP contribution in [0.5, 0.6) is 0 Å². The predicted molar refractivity (Wildman–Crippen MR) is 64.2 cm³/mol. The number of nitrogens with two attached hydrogens (primary N) is 1. The molecular weight excluding hydrogens is 238 g/mol. The molecule has 0 saturated carbocycles. The second-order valence-electron chi connectivity index (χ2n) is 3.35. The minimum Gasteiger partial charge on any atom is -0.409 e. The first-order chi connectivity index (χ1) is 8.20. The molecule has 1 aromatic heterocycles. The third-order valence-corrected chi connectivity index (χ3v) is 3.07. The highest BCUT2D eigenvalue weighted by Gasteiger charge is 2.06. The summed E-state index contributed by atoms with van der Waals surface area (Å²) in [6.07, 6.45) is 1.46. The van der Waals surface area contributed by atoms with Crippen LogP contribution in [-0.4, -0.2) is 26.2 Å². The number of amidine groups is 1. The maximum Gasteiger partial charge on any atom is 0.188 e. The number of aryl methyl sites for hydroxylation is 1. The molecule has 0 amide bonds. The summed E-state index contributed by atoms with van der Waals surface area (Å²) in [4.78, 5) is 5.03. The Hall–Kier alpha value is -2.02. The first-order valence-electron chi connectivity index (χ1n) is 4.82. The van der Waals surface area contributed by atoms with Gasteiger partial charge in [0.1, 0.15) is 6.33 Å². The Balaban J connectivity index is 2.25. The van der Waals surface area contributed by atoms with Crippen molar-refractivity contribution in [1.82, 2.24) is 15.2 Å². The lowest BCUT2D eigenvalue weighted by Crippen LogP contribution is -2.14. The summed E-state index contributed by atoms with van der Waals surface area (Å²) in [5, 5.41) is 18.9. The van der Waals surface area contributed by atoms with Crippen molar-refractivity contribution in [2.45, 2.75) is 17.0 Å². The van der Waals surface area contributed by atoms with Gasteiger partial charge in [-0.2, -0.15) is 5.10 Å². The van der Waals surface area contributed by atoms with Crippen LogP contribution in [-0.2, 0) is 0 Å². The van der Waals surface area contributed by atoms with E-state index in [0.29, 0.717) is 0 Å². The maximum atomic E-state index is 8.62. The van der Waals surface area contributed by atoms with E-state index >= 15 is 0 Å². The average Bonchev–Trinajstić information content (AvgIpc) is 2.81. The molecule has 0 unspecified atom stereocenters. The van der Waals surface area contributed by atoms with Crippen molar-refractivity contribution in [2.24, 2.45) is 10.9 Å². The van der Waals surface area contributed by atoms with Gasteiger partial charge >= 0.3 is 0 Å². The highest BCUT2D eigenvalue weighted by atomic mass is 32.2. The first-order valence-corrected chi connectivity index (χ1v) is 5.64. The topological polar surface area (TPSA) is 100 Å². The average molecular weight is 249 g/mol. The van der Waals surface area contributed by atoms with Gasteiger partial charge in [0.05, 0.1) is 0 Å². The number of H-pyrrole nitrogens is 1. The van der Waals surface area contributed by atoms with E-state index in [1.54, 1.807) is 0 Å². The Morgan fingerprint density at radius 1 is 1.53 bits per heavy atom. The van der Waals surface area contributed by atoms with Crippen LogP contribution in [0.25, 0.3) is 0 Å². The third-order valence-electron chi connectivity index (χ3n) is 2.19. The Morgan fingerprint density at radius 3 is 2.94 bits per heavy atom. The molecule has 88 valence electrons. The molecule has 17 heavy (non-hydrogen) atoms. The second kappa shape index (κ2) is 4.88. The number of nitrogens with one attached hydrogen (secondary N) is 1. The number of hydrogen-bond acceptors (Lipinski definition) is 5. The zero-order chi connectivity index (χ0) is 12.3. The molecule has 0 aliphatic heterocycles. The second-order valence-corrected chi connectivity index (χ2v) is 4.42. The van der Waals surface area contributed by atoms with E-state index < -0.39 is 0 Å². The van der Waals surface area contributed by atoms with Crippen LogP contribution in [0.1, 0.15) is 11.1 Å². The quantitative estimate of drug-likeness (QED) is 0.330. The zero-order valence-electron chi connectivity index (χ0n) is 9.08. The van der Waals surface area contributed by atoms with Crippen molar-refractivity contribution in [2.75, 3.05) is 0 Å². The largest absolute Gasteiger partial charge is 0.409 e. The van der Waals surface area contributed by atoms with Crippen LogP contribution in [0.3, 0.4) is 0 Å². The molecule has 0 aliphatic rings. The smallest absolute Gasteiger partial charge is 0.188 e. The highest BCUT2D eigenvalue weighted by Crippen LogP contribution is 2.25. The molecule has 1 heterocycles. The predicted octanol–water partition coefficient (Wildman–Crippen LogP) is 1.36. The molecule has 0 bridgehead atoms. The molecule has 0 atom stereocenters. The molecule has 6 nitrogen and oxygen atoms in total. The molecule has 2 rings (SSSR count). The van der Waals surface area contributed by atoms with Crippen molar-refractivity contribution in [3.05, 3.63) is 35.7 Å². The Kier molecular flexibility index (Phi) is 3.29. The number of oxime groups is 1. The van der Waals surface area contributed by atoms with E-state index in [1.165, 1.54) is 18.1 Å². The molecule has 4 N–H and O–H groups in total. The number of rotatable bonds is 3. The van der Waals surface area contributed by atoms with E-state index in [1.807, 2.05) is 25.1 Å².